The molecule has 0 aliphatic carbocycles. The third-order valence-corrected chi connectivity index (χ3v) is 6.92. The van der Waals surface area contributed by atoms with E-state index in [2.05, 4.69) is 36.9 Å². The Morgan fingerprint density at radius 3 is 3.06 bits per heavy atom. The van der Waals surface area contributed by atoms with Gasteiger partial charge in [-0.1, -0.05) is 6.92 Å². The minimum absolute atomic E-state index is 0.239. The van der Waals surface area contributed by atoms with Crippen molar-refractivity contribution in [1.29, 1.82) is 0 Å². The summed E-state index contributed by atoms with van der Waals surface area (Å²) in [7, 11) is 0. The van der Waals surface area contributed by atoms with Crippen molar-refractivity contribution in [3.05, 3.63) is 17.0 Å². The van der Waals surface area contributed by atoms with Crippen LogP contribution in [0.1, 0.15) is 31.9 Å². The second-order valence-corrected chi connectivity index (χ2v) is 8.49. The van der Waals surface area contributed by atoms with Crippen molar-refractivity contribution >= 4 is 34.9 Å². The largest absolute Gasteiger partial charge is 0.395 e. The van der Waals surface area contributed by atoms with Crippen LogP contribution >= 0.6 is 34.9 Å². The molecule has 0 bridgehead atoms. The molecule has 1 aliphatic rings. The van der Waals surface area contributed by atoms with Gasteiger partial charge < -0.3 is 10.4 Å². The van der Waals surface area contributed by atoms with E-state index in [4.69, 9.17) is 0 Å². The van der Waals surface area contributed by atoms with Crippen molar-refractivity contribution in [3.63, 3.8) is 0 Å². The van der Waals surface area contributed by atoms with Crippen LogP contribution in [0.4, 0.5) is 0 Å². The van der Waals surface area contributed by atoms with Gasteiger partial charge in [0.05, 0.1) is 10.8 Å². The molecule has 0 saturated heterocycles. The smallest absolute Gasteiger partial charge is 0.0649 e. The van der Waals surface area contributed by atoms with E-state index in [-0.39, 0.29) is 11.9 Å². The summed E-state index contributed by atoms with van der Waals surface area (Å²) in [6.07, 6.45) is 3.24. The highest BCUT2D eigenvalue weighted by Crippen LogP contribution is 2.44. The fourth-order valence-corrected chi connectivity index (χ4v) is 5.57. The van der Waals surface area contributed by atoms with Gasteiger partial charge in [0, 0.05) is 22.6 Å². The minimum Gasteiger partial charge on any atom is -0.395 e. The summed E-state index contributed by atoms with van der Waals surface area (Å²) in [5.74, 6) is 0. The Hall–Kier alpha value is 0.320. The first kappa shape index (κ1) is 14.7. The van der Waals surface area contributed by atoms with Gasteiger partial charge in [0.15, 0.2) is 0 Å². The lowest BCUT2D eigenvalue weighted by molar-refractivity contribution is 0.268. The van der Waals surface area contributed by atoms with Gasteiger partial charge in [-0.15, -0.1) is 23.1 Å². The first-order valence-electron chi connectivity index (χ1n) is 6.29. The van der Waals surface area contributed by atoms with Crippen molar-refractivity contribution in [2.75, 3.05) is 12.9 Å². The molecule has 4 atom stereocenters. The van der Waals surface area contributed by atoms with Crippen LogP contribution in [0, 0.1) is 0 Å². The lowest BCUT2D eigenvalue weighted by atomic mass is 10.0. The van der Waals surface area contributed by atoms with Gasteiger partial charge in [-0.05, 0) is 36.6 Å². The average Bonchev–Trinajstić information content (AvgIpc) is 2.78. The van der Waals surface area contributed by atoms with E-state index in [1.165, 1.54) is 16.2 Å². The van der Waals surface area contributed by atoms with E-state index in [1.54, 1.807) is 11.8 Å². The Balaban J connectivity index is 2.06. The van der Waals surface area contributed by atoms with Gasteiger partial charge in [-0.3, -0.25) is 0 Å². The van der Waals surface area contributed by atoms with E-state index in [0.29, 0.717) is 17.3 Å². The van der Waals surface area contributed by atoms with Crippen LogP contribution in [0.15, 0.2) is 15.7 Å². The number of aliphatic hydroxyl groups is 1. The Bertz CT molecular complexity index is 378. The number of hydrogen-bond donors (Lipinski definition) is 2. The molecule has 2 nitrogen and oxygen atoms in total. The van der Waals surface area contributed by atoms with Crippen LogP contribution in [0.3, 0.4) is 0 Å². The Morgan fingerprint density at radius 2 is 2.39 bits per heavy atom. The molecule has 0 spiro atoms. The molecule has 2 rings (SSSR count). The number of hydrogen-bond acceptors (Lipinski definition) is 5. The highest BCUT2D eigenvalue weighted by atomic mass is 32.2. The van der Waals surface area contributed by atoms with Gasteiger partial charge >= 0.3 is 0 Å². The van der Waals surface area contributed by atoms with E-state index in [0.717, 1.165) is 0 Å². The van der Waals surface area contributed by atoms with Gasteiger partial charge in [-0.2, -0.15) is 11.8 Å². The van der Waals surface area contributed by atoms with Crippen molar-refractivity contribution in [1.82, 2.24) is 5.32 Å². The van der Waals surface area contributed by atoms with Crippen LogP contribution in [0.2, 0.25) is 0 Å². The first-order chi connectivity index (χ1) is 8.65. The summed E-state index contributed by atoms with van der Waals surface area (Å²) < 4.78 is 1.46. The number of aliphatic hydroxyl groups excluding tert-OH is 1. The molecule has 5 heteroatoms. The molecular formula is C13H21NOS3. The molecule has 1 aromatic heterocycles. The maximum Gasteiger partial charge on any atom is 0.0649 e. The van der Waals surface area contributed by atoms with Crippen LogP contribution < -0.4 is 5.32 Å². The minimum atomic E-state index is 0.239. The van der Waals surface area contributed by atoms with Crippen molar-refractivity contribution in [2.45, 2.75) is 47.1 Å². The standard InChI is InChI=1S/C13H21NOS3/c1-8-6-11(10-4-5-17-13(10)18-8)14-9(2)12(7-15)16-3/h4-5,8-9,11-12,14-15H,6-7H2,1-3H3/t8-,9?,11?,12?/m0/s1. The summed E-state index contributed by atoms with van der Waals surface area (Å²) in [6, 6.07) is 3.02. The third-order valence-electron chi connectivity index (χ3n) is 3.41. The van der Waals surface area contributed by atoms with Gasteiger partial charge in [-0.25, -0.2) is 0 Å². The summed E-state index contributed by atoms with van der Waals surface area (Å²) >= 11 is 5.58. The molecule has 1 aromatic rings. The highest BCUT2D eigenvalue weighted by molar-refractivity contribution is 8.01. The maximum absolute atomic E-state index is 9.37. The predicted octanol–water partition coefficient (Wildman–Crippen LogP) is 3.38. The number of rotatable bonds is 5. The van der Waals surface area contributed by atoms with E-state index in [1.807, 2.05) is 23.1 Å². The molecule has 18 heavy (non-hydrogen) atoms. The van der Waals surface area contributed by atoms with Gasteiger partial charge in [0.2, 0.25) is 0 Å². The predicted molar refractivity (Wildman–Crippen MR) is 84.0 cm³/mol. The van der Waals surface area contributed by atoms with Crippen LogP contribution in [0.25, 0.3) is 0 Å². The van der Waals surface area contributed by atoms with Gasteiger partial charge in [0.1, 0.15) is 0 Å². The van der Waals surface area contributed by atoms with Crippen molar-refractivity contribution < 1.29 is 5.11 Å². The monoisotopic (exact) mass is 303 g/mol. The first-order valence-corrected chi connectivity index (χ1v) is 9.34. The second-order valence-electron chi connectivity index (χ2n) is 4.79. The molecular weight excluding hydrogens is 282 g/mol. The molecule has 0 amide bonds. The highest BCUT2D eigenvalue weighted by Gasteiger charge is 2.28. The summed E-state index contributed by atoms with van der Waals surface area (Å²) in [4.78, 5) is 0. The zero-order valence-corrected chi connectivity index (χ0v) is 13.5. The molecule has 102 valence electrons. The number of fused-ring (bicyclic) bond motifs is 1. The molecule has 2 heterocycles. The molecule has 1 aliphatic heterocycles. The fraction of sp³-hybridized carbons (Fsp3) is 0.692. The molecule has 0 fully saturated rings. The quantitative estimate of drug-likeness (QED) is 0.873. The molecule has 0 aromatic carbocycles. The van der Waals surface area contributed by atoms with Crippen molar-refractivity contribution in [3.8, 4) is 0 Å². The topological polar surface area (TPSA) is 32.3 Å². The normalized spacial score (nSPS) is 26.7. The Kier molecular flexibility index (Phi) is 5.45. The van der Waals surface area contributed by atoms with Gasteiger partial charge in [0.25, 0.3) is 0 Å². The lowest BCUT2D eigenvalue weighted by Gasteiger charge is -2.32. The van der Waals surface area contributed by atoms with E-state index < -0.39 is 0 Å². The molecule has 0 radical (unpaired) electrons. The second kappa shape index (κ2) is 6.66. The summed E-state index contributed by atoms with van der Waals surface area (Å²) in [5, 5.41) is 16.2. The zero-order valence-electron chi connectivity index (χ0n) is 11.1. The zero-order chi connectivity index (χ0) is 13.1. The number of thiophene rings is 1. The SMILES string of the molecule is CSC(CO)C(C)NC1C[C@H](C)Sc2sccc21. The van der Waals surface area contributed by atoms with E-state index in [9.17, 15) is 5.11 Å². The summed E-state index contributed by atoms with van der Waals surface area (Å²) in [5.41, 5.74) is 1.45. The van der Waals surface area contributed by atoms with Crippen LogP contribution in [-0.2, 0) is 0 Å². The third kappa shape index (κ3) is 3.25. The van der Waals surface area contributed by atoms with Crippen LogP contribution in [-0.4, -0.2) is 34.5 Å². The fourth-order valence-electron chi connectivity index (χ4n) is 2.37. The van der Waals surface area contributed by atoms with Crippen molar-refractivity contribution in [2.24, 2.45) is 0 Å². The lowest BCUT2D eigenvalue weighted by Crippen LogP contribution is -2.41. The molecule has 3 unspecified atom stereocenters. The number of thioether (sulfide) groups is 2. The van der Waals surface area contributed by atoms with Crippen LogP contribution in [0.5, 0.6) is 0 Å². The molecule has 2 N–H and O–H groups in total. The van der Waals surface area contributed by atoms with E-state index >= 15 is 0 Å². The summed E-state index contributed by atoms with van der Waals surface area (Å²) in [6.45, 7) is 4.71. The Morgan fingerprint density at radius 1 is 1.61 bits per heavy atom. The number of nitrogens with one attached hydrogen (secondary N) is 1. The maximum atomic E-state index is 9.37. The molecule has 0 saturated carbocycles. The average molecular weight is 304 g/mol. The Labute approximate surface area is 122 Å².